The van der Waals surface area contributed by atoms with Crippen LogP contribution in [0.15, 0.2) is 24.8 Å². The topological polar surface area (TPSA) is 101 Å². The summed E-state index contributed by atoms with van der Waals surface area (Å²) in [5, 5.41) is 15.9. The van der Waals surface area contributed by atoms with Crippen LogP contribution in [0.1, 0.15) is 6.42 Å². The SMILES string of the molecule is C=C(CO)C(N)=O.C=CCC(=O)O. The Morgan fingerprint density at radius 1 is 1.46 bits per heavy atom. The molecule has 0 aliphatic rings. The number of aliphatic hydroxyl groups excluding tert-OH is 1. The molecule has 0 aromatic heterocycles. The second-order valence-corrected chi connectivity index (χ2v) is 2.01. The zero-order valence-corrected chi connectivity index (χ0v) is 7.19. The van der Waals surface area contributed by atoms with Gasteiger partial charge in [-0.1, -0.05) is 12.7 Å². The number of aliphatic carboxylic acids is 1. The van der Waals surface area contributed by atoms with E-state index in [0.717, 1.165) is 0 Å². The second-order valence-electron chi connectivity index (χ2n) is 2.01. The van der Waals surface area contributed by atoms with Crippen LogP contribution in [0.2, 0.25) is 0 Å². The predicted molar refractivity (Wildman–Crippen MR) is 47.9 cm³/mol. The Balaban J connectivity index is 0. The average Bonchev–Trinajstić information content (AvgIpc) is 2.03. The highest BCUT2D eigenvalue weighted by molar-refractivity contribution is 5.91. The van der Waals surface area contributed by atoms with Crippen LogP contribution in [0.4, 0.5) is 0 Å². The quantitative estimate of drug-likeness (QED) is 0.414. The fraction of sp³-hybridized carbons (Fsp3) is 0.250. The number of nitrogens with two attached hydrogens (primary N) is 1. The molecule has 0 saturated heterocycles. The van der Waals surface area contributed by atoms with Crippen LogP contribution >= 0.6 is 0 Å². The molecule has 13 heavy (non-hydrogen) atoms. The smallest absolute Gasteiger partial charge is 0.307 e. The minimum Gasteiger partial charge on any atom is -0.481 e. The van der Waals surface area contributed by atoms with Gasteiger partial charge in [-0.05, 0) is 0 Å². The van der Waals surface area contributed by atoms with Crippen molar-refractivity contribution in [3.05, 3.63) is 24.8 Å². The number of amides is 1. The van der Waals surface area contributed by atoms with Crippen molar-refractivity contribution in [2.45, 2.75) is 6.42 Å². The first kappa shape index (κ1) is 13.9. The molecule has 0 saturated carbocycles. The van der Waals surface area contributed by atoms with E-state index in [1.165, 1.54) is 6.08 Å². The first-order valence-corrected chi connectivity index (χ1v) is 3.36. The minimum absolute atomic E-state index is 0.0417. The summed E-state index contributed by atoms with van der Waals surface area (Å²) < 4.78 is 0. The highest BCUT2D eigenvalue weighted by Crippen LogP contribution is 1.80. The molecule has 74 valence electrons. The van der Waals surface area contributed by atoms with Crippen molar-refractivity contribution in [2.75, 3.05) is 6.61 Å². The Bertz CT molecular complexity index is 210. The molecular formula is C8H13NO4. The molecule has 0 unspecified atom stereocenters. The molecule has 0 aliphatic carbocycles. The number of carbonyl (C=O) groups is 2. The number of aliphatic hydroxyl groups is 1. The van der Waals surface area contributed by atoms with E-state index in [4.69, 9.17) is 10.2 Å². The van der Waals surface area contributed by atoms with Gasteiger partial charge >= 0.3 is 5.97 Å². The zero-order chi connectivity index (χ0) is 10.9. The van der Waals surface area contributed by atoms with Crippen LogP contribution < -0.4 is 5.73 Å². The molecule has 0 aromatic rings. The molecule has 0 aliphatic heterocycles. The molecule has 0 fully saturated rings. The van der Waals surface area contributed by atoms with Gasteiger partial charge in [0.15, 0.2) is 0 Å². The average molecular weight is 187 g/mol. The summed E-state index contributed by atoms with van der Waals surface area (Å²) in [5.74, 6) is -1.48. The molecule has 5 nitrogen and oxygen atoms in total. The summed E-state index contributed by atoms with van der Waals surface area (Å²) in [4.78, 5) is 19.4. The van der Waals surface area contributed by atoms with Gasteiger partial charge in [-0.25, -0.2) is 0 Å². The third-order valence-electron chi connectivity index (χ3n) is 0.858. The van der Waals surface area contributed by atoms with Crippen LogP contribution in [0.25, 0.3) is 0 Å². The van der Waals surface area contributed by atoms with Crippen molar-refractivity contribution in [3.8, 4) is 0 Å². The first-order chi connectivity index (χ1) is 5.95. The van der Waals surface area contributed by atoms with Gasteiger partial charge in [0.05, 0.1) is 13.0 Å². The number of carbonyl (C=O) groups excluding carboxylic acids is 1. The minimum atomic E-state index is -0.829. The lowest BCUT2D eigenvalue weighted by Gasteiger charge is -1.88. The van der Waals surface area contributed by atoms with Crippen molar-refractivity contribution in [3.63, 3.8) is 0 Å². The van der Waals surface area contributed by atoms with Crippen molar-refractivity contribution in [1.82, 2.24) is 0 Å². The summed E-state index contributed by atoms with van der Waals surface area (Å²) in [6.45, 7) is 6.02. The molecule has 0 heterocycles. The fourth-order valence-electron chi connectivity index (χ4n) is 0.201. The summed E-state index contributed by atoms with van der Waals surface area (Å²) in [6, 6.07) is 0. The standard InChI is InChI=1S/C4H7NO2.C4H6O2/c1-3(2-6)4(5)7;1-2-3-4(5)6/h6H,1-2H2,(H2,5,7);2H,1,3H2,(H,5,6). The largest absolute Gasteiger partial charge is 0.481 e. The summed E-state index contributed by atoms with van der Waals surface area (Å²) in [7, 11) is 0. The Labute approximate surface area is 76.2 Å². The number of hydrogen-bond acceptors (Lipinski definition) is 3. The molecule has 0 spiro atoms. The molecule has 0 bridgehead atoms. The fourth-order valence-corrected chi connectivity index (χ4v) is 0.201. The molecule has 0 atom stereocenters. The van der Waals surface area contributed by atoms with Gasteiger partial charge in [0.1, 0.15) is 0 Å². The Kier molecular flexibility index (Phi) is 9.09. The van der Waals surface area contributed by atoms with E-state index in [1.807, 2.05) is 0 Å². The molecule has 4 N–H and O–H groups in total. The maximum atomic E-state index is 9.89. The van der Waals surface area contributed by atoms with Crippen LogP contribution in [0, 0.1) is 0 Å². The highest BCUT2D eigenvalue weighted by atomic mass is 16.4. The van der Waals surface area contributed by atoms with Gasteiger partial charge in [0.25, 0.3) is 0 Å². The van der Waals surface area contributed by atoms with E-state index in [9.17, 15) is 9.59 Å². The lowest BCUT2D eigenvalue weighted by Crippen LogP contribution is -2.14. The molecule has 1 amide bonds. The van der Waals surface area contributed by atoms with E-state index in [-0.39, 0.29) is 18.6 Å². The zero-order valence-electron chi connectivity index (χ0n) is 7.19. The molecule has 0 rings (SSSR count). The van der Waals surface area contributed by atoms with Crippen LogP contribution in [0.5, 0.6) is 0 Å². The predicted octanol–water partition coefficient (Wildman–Crippen LogP) is -0.333. The van der Waals surface area contributed by atoms with Gasteiger partial charge in [-0.15, -0.1) is 6.58 Å². The van der Waals surface area contributed by atoms with E-state index >= 15 is 0 Å². The van der Waals surface area contributed by atoms with Crippen LogP contribution in [0.3, 0.4) is 0 Å². The van der Waals surface area contributed by atoms with E-state index in [0.29, 0.717) is 0 Å². The van der Waals surface area contributed by atoms with Crippen LogP contribution in [-0.2, 0) is 9.59 Å². The van der Waals surface area contributed by atoms with Gasteiger partial charge in [0, 0.05) is 5.57 Å². The summed E-state index contributed by atoms with van der Waals surface area (Å²) >= 11 is 0. The lowest BCUT2D eigenvalue weighted by molar-refractivity contribution is -0.136. The number of carboxylic acids is 1. The normalized spacial score (nSPS) is 7.77. The van der Waals surface area contributed by atoms with Crippen molar-refractivity contribution >= 4 is 11.9 Å². The summed E-state index contributed by atoms with van der Waals surface area (Å²) in [6.07, 6.45) is 1.41. The van der Waals surface area contributed by atoms with Crippen LogP contribution in [-0.4, -0.2) is 28.7 Å². The van der Waals surface area contributed by atoms with Gasteiger partial charge < -0.3 is 15.9 Å². The highest BCUT2D eigenvalue weighted by Gasteiger charge is 1.94. The van der Waals surface area contributed by atoms with Crippen molar-refractivity contribution in [2.24, 2.45) is 5.73 Å². The molecule has 5 heteroatoms. The molecular weight excluding hydrogens is 174 g/mol. The lowest BCUT2D eigenvalue weighted by atomic mass is 10.3. The Morgan fingerprint density at radius 3 is 1.92 bits per heavy atom. The Hall–Kier alpha value is -1.62. The van der Waals surface area contributed by atoms with Crippen molar-refractivity contribution < 1.29 is 19.8 Å². The Morgan fingerprint density at radius 2 is 1.92 bits per heavy atom. The third kappa shape index (κ3) is 13.4. The van der Waals surface area contributed by atoms with Gasteiger partial charge in [-0.2, -0.15) is 0 Å². The van der Waals surface area contributed by atoms with E-state index in [1.54, 1.807) is 0 Å². The number of primary amides is 1. The van der Waals surface area contributed by atoms with Gasteiger partial charge in [0.2, 0.25) is 5.91 Å². The maximum Gasteiger partial charge on any atom is 0.307 e. The second kappa shape index (κ2) is 8.48. The first-order valence-electron chi connectivity index (χ1n) is 3.36. The monoisotopic (exact) mass is 187 g/mol. The summed E-state index contributed by atoms with van der Waals surface area (Å²) in [5.41, 5.74) is 4.69. The van der Waals surface area contributed by atoms with Gasteiger partial charge in [-0.3, -0.25) is 9.59 Å². The van der Waals surface area contributed by atoms with Crippen molar-refractivity contribution in [1.29, 1.82) is 0 Å². The van der Waals surface area contributed by atoms with E-state index in [2.05, 4.69) is 18.9 Å². The molecule has 0 radical (unpaired) electrons. The third-order valence-corrected chi connectivity index (χ3v) is 0.858. The number of rotatable bonds is 4. The number of carboxylic acid groups (broad SMARTS) is 1. The molecule has 0 aromatic carbocycles. The van der Waals surface area contributed by atoms with E-state index < -0.39 is 11.9 Å². The number of hydrogen-bond donors (Lipinski definition) is 3. The maximum absolute atomic E-state index is 9.89.